The number of rotatable bonds is 4. The Morgan fingerprint density at radius 1 is 1.67 bits per heavy atom. The standard InChI is InChI=1S/C9H14O2.H2O/c1-2-3-7-11-9(10)8-5-4-6-8;/h5H,2-4,6-7H2,1H3;1H2. The number of ether oxygens (including phenoxy) is 1. The molecule has 3 nitrogen and oxygen atoms in total. The van der Waals surface area contributed by atoms with Gasteiger partial charge in [0.1, 0.15) is 0 Å². The van der Waals surface area contributed by atoms with E-state index < -0.39 is 0 Å². The molecule has 1 aliphatic carbocycles. The maximum atomic E-state index is 11.0. The van der Waals surface area contributed by atoms with Gasteiger partial charge in [0.15, 0.2) is 0 Å². The highest BCUT2D eigenvalue weighted by molar-refractivity contribution is 5.89. The van der Waals surface area contributed by atoms with Gasteiger partial charge in [-0.3, -0.25) is 0 Å². The molecule has 0 unspecified atom stereocenters. The van der Waals surface area contributed by atoms with Crippen molar-refractivity contribution in [2.24, 2.45) is 0 Å². The quantitative estimate of drug-likeness (QED) is 0.473. The van der Waals surface area contributed by atoms with Crippen molar-refractivity contribution in [2.45, 2.75) is 32.6 Å². The highest BCUT2D eigenvalue weighted by atomic mass is 16.5. The Bertz CT molecular complexity index is 173. The summed E-state index contributed by atoms with van der Waals surface area (Å²) in [6, 6.07) is 0. The first kappa shape index (κ1) is 11.2. The lowest BCUT2D eigenvalue weighted by molar-refractivity contribution is -0.139. The third-order valence-corrected chi connectivity index (χ3v) is 1.80. The van der Waals surface area contributed by atoms with E-state index in [-0.39, 0.29) is 11.4 Å². The van der Waals surface area contributed by atoms with E-state index in [1.54, 1.807) is 0 Å². The van der Waals surface area contributed by atoms with Crippen molar-refractivity contribution in [3.63, 3.8) is 0 Å². The molecular formula is C9H16O3. The van der Waals surface area contributed by atoms with E-state index >= 15 is 0 Å². The van der Waals surface area contributed by atoms with Crippen LogP contribution in [0.15, 0.2) is 11.6 Å². The van der Waals surface area contributed by atoms with Gasteiger partial charge in [-0.25, -0.2) is 4.79 Å². The minimum atomic E-state index is -0.107. The summed E-state index contributed by atoms with van der Waals surface area (Å²) in [6.07, 6.45) is 5.93. The summed E-state index contributed by atoms with van der Waals surface area (Å²) in [4.78, 5) is 11.0. The minimum Gasteiger partial charge on any atom is -0.462 e. The van der Waals surface area contributed by atoms with Crippen molar-refractivity contribution >= 4 is 5.97 Å². The van der Waals surface area contributed by atoms with E-state index in [1.807, 2.05) is 6.08 Å². The maximum Gasteiger partial charge on any atom is 0.333 e. The van der Waals surface area contributed by atoms with Gasteiger partial charge >= 0.3 is 5.97 Å². The highest BCUT2D eigenvalue weighted by Gasteiger charge is 2.15. The molecule has 0 aromatic rings. The molecule has 0 amide bonds. The van der Waals surface area contributed by atoms with Gasteiger partial charge in [-0.1, -0.05) is 19.4 Å². The summed E-state index contributed by atoms with van der Waals surface area (Å²) in [7, 11) is 0. The fourth-order valence-electron chi connectivity index (χ4n) is 0.876. The lowest BCUT2D eigenvalue weighted by Gasteiger charge is -2.12. The summed E-state index contributed by atoms with van der Waals surface area (Å²) in [6.45, 7) is 2.66. The Hall–Kier alpha value is -0.830. The fourth-order valence-corrected chi connectivity index (χ4v) is 0.876. The average molecular weight is 172 g/mol. The van der Waals surface area contributed by atoms with Gasteiger partial charge in [-0.15, -0.1) is 0 Å². The summed E-state index contributed by atoms with van der Waals surface area (Å²) >= 11 is 0. The van der Waals surface area contributed by atoms with Crippen LogP contribution in [-0.4, -0.2) is 18.1 Å². The third kappa shape index (κ3) is 3.05. The second kappa shape index (κ2) is 5.77. The lowest BCUT2D eigenvalue weighted by Crippen LogP contribution is -2.12. The van der Waals surface area contributed by atoms with Crippen LogP contribution in [0.25, 0.3) is 0 Å². The monoisotopic (exact) mass is 172 g/mol. The molecule has 1 rings (SSSR count). The van der Waals surface area contributed by atoms with Crippen LogP contribution in [-0.2, 0) is 9.53 Å². The van der Waals surface area contributed by atoms with Gasteiger partial charge in [-0.2, -0.15) is 0 Å². The Morgan fingerprint density at radius 2 is 2.33 bits per heavy atom. The molecule has 2 N–H and O–H groups in total. The predicted molar refractivity (Wildman–Crippen MR) is 46.8 cm³/mol. The molecule has 0 saturated heterocycles. The first-order valence-corrected chi connectivity index (χ1v) is 4.20. The molecule has 0 spiro atoms. The molecular weight excluding hydrogens is 156 g/mol. The Balaban J connectivity index is 0.00000121. The van der Waals surface area contributed by atoms with Gasteiger partial charge in [0.25, 0.3) is 0 Å². The summed E-state index contributed by atoms with van der Waals surface area (Å²) < 4.78 is 4.98. The Labute approximate surface area is 72.7 Å². The van der Waals surface area contributed by atoms with E-state index in [0.29, 0.717) is 6.61 Å². The Morgan fingerprint density at radius 3 is 2.75 bits per heavy atom. The number of esters is 1. The molecule has 3 heteroatoms. The van der Waals surface area contributed by atoms with Crippen molar-refractivity contribution in [1.82, 2.24) is 0 Å². The number of allylic oxidation sites excluding steroid dienone is 1. The van der Waals surface area contributed by atoms with Crippen LogP contribution in [0, 0.1) is 0 Å². The predicted octanol–water partition coefficient (Wildman–Crippen LogP) is 1.23. The van der Waals surface area contributed by atoms with E-state index in [4.69, 9.17) is 4.74 Å². The van der Waals surface area contributed by atoms with Gasteiger partial charge in [-0.05, 0) is 19.3 Å². The van der Waals surface area contributed by atoms with Gasteiger partial charge < -0.3 is 10.2 Å². The van der Waals surface area contributed by atoms with E-state index in [2.05, 4.69) is 6.92 Å². The molecule has 0 aromatic heterocycles. The van der Waals surface area contributed by atoms with Gasteiger partial charge in [0.2, 0.25) is 0 Å². The molecule has 0 aromatic carbocycles. The first-order chi connectivity index (χ1) is 5.34. The smallest absolute Gasteiger partial charge is 0.333 e. The van der Waals surface area contributed by atoms with Crippen molar-refractivity contribution in [3.05, 3.63) is 11.6 Å². The van der Waals surface area contributed by atoms with E-state index in [1.165, 1.54) is 0 Å². The number of hydrogen-bond acceptors (Lipinski definition) is 2. The van der Waals surface area contributed by atoms with E-state index in [0.717, 1.165) is 31.3 Å². The summed E-state index contributed by atoms with van der Waals surface area (Å²) in [5, 5.41) is 0. The molecule has 70 valence electrons. The Kier molecular flexibility index (Phi) is 5.37. The minimum absolute atomic E-state index is 0. The summed E-state index contributed by atoms with van der Waals surface area (Å²) in [5.74, 6) is -0.107. The molecule has 0 fully saturated rings. The summed E-state index contributed by atoms with van der Waals surface area (Å²) in [5.41, 5.74) is 0.862. The molecule has 0 aliphatic heterocycles. The second-order valence-electron chi connectivity index (χ2n) is 2.76. The molecule has 0 saturated carbocycles. The van der Waals surface area contributed by atoms with Crippen LogP contribution < -0.4 is 0 Å². The fraction of sp³-hybridized carbons (Fsp3) is 0.667. The molecule has 12 heavy (non-hydrogen) atoms. The molecule has 0 radical (unpaired) electrons. The first-order valence-electron chi connectivity index (χ1n) is 4.20. The van der Waals surface area contributed by atoms with Crippen molar-refractivity contribution in [2.75, 3.05) is 6.61 Å². The van der Waals surface area contributed by atoms with Crippen LogP contribution in [0.3, 0.4) is 0 Å². The van der Waals surface area contributed by atoms with Crippen molar-refractivity contribution in [1.29, 1.82) is 0 Å². The van der Waals surface area contributed by atoms with Crippen molar-refractivity contribution < 1.29 is 15.0 Å². The van der Waals surface area contributed by atoms with Crippen LogP contribution in [0.2, 0.25) is 0 Å². The molecule has 0 atom stereocenters. The van der Waals surface area contributed by atoms with Crippen molar-refractivity contribution in [3.8, 4) is 0 Å². The van der Waals surface area contributed by atoms with Gasteiger partial charge in [0.05, 0.1) is 6.61 Å². The zero-order valence-corrected chi connectivity index (χ0v) is 7.43. The maximum absolute atomic E-state index is 11.0. The normalized spacial score (nSPS) is 13.9. The molecule has 1 aliphatic rings. The van der Waals surface area contributed by atoms with Crippen LogP contribution in [0.5, 0.6) is 0 Å². The molecule has 0 heterocycles. The van der Waals surface area contributed by atoms with E-state index in [9.17, 15) is 4.79 Å². The molecule has 0 bridgehead atoms. The topological polar surface area (TPSA) is 57.8 Å². The average Bonchev–Trinajstić information content (AvgIpc) is 1.84. The second-order valence-corrected chi connectivity index (χ2v) is 2.76. The number of unbranched alkanes of at least 4 members (excludes halogenated alkanes) is 1. The SMILES string of the molecule is CCCCOC(=O)C1=CCC1.O. The van der Waals surface area contributed by atoms with Crippen LogP contribution in [0.1, 0.15) is 32.6 Å². The highest BCUT2D eigenvalue weighted by Crippen LogP contribution is 2.18. The number of hydrogen-bond donors (Lipinski definition) is 0. The van der Waals surface area contributed by atoms with Gasteiger partial charge in [0, 0.05) is 5.57 Å². The third-order valence-electron chi connectivity index (χ3n) is 1.80. The van der Waals surface area contributed by atoms with Crippen LogP contribution in [0.4, 0.5) is 0 Å². The van der Waals surface area contributed by atoms with Crippen LogP contribution >= 0.6 is 0 Å². The largest absolute Gasteiger partial charge is 0.462 e. The zero-order chi connectivity index (χ0) is 8.10. The number of carbonyl (C=O) groups is 1. The lowest BCUT2D eigenvalue weighted by atomic mass is 10.00. The zero-order valence-electron chi connectivity index (χ0n) is 7.43. The number of carbonyl (C=O) groups excluding carboxylic acids is 1.